The van der Waals surface area contributed by atoms with Crippen LogP contribution in [0.15, 0.2) is 122 Å². The van der Waals surface area contributed by atoms with Crippen LogP contribution in [0.2, 0.25) is 140 Å². The third kappa shape index (κ3) is 25.8. The number of rotatable bonds is 23. The van der Waals surface area contributed by atoms with E-state index < -0.39 is 64.6 Å². The lowest BCUT2D eigenvalue weighted by molar-refractivity contribution is 0.484. The van der Waals surface area contributed by atoms with Crippen LogP contribution in [0.5, 0.6) is 0 Å². The quantitative estimate of drug-likeness (QED) is 0.0757. The average molecular weight is 966 g/mol. The second-order valence-corrected chi connectivity index (χ2v) is 61.7. The Balaban J connectivity index is 0. The predicted molar refractivity (Wildman–Crippen MR) is 315 cm³/mol. The summed E-state index contributed by atoms with van der Waals surface area (Å²) in [6.07, 6.45) is 12.7. The first kappa shape index (κ1) is 62.0. The van der Waals surface area contributed by atoms with Crippen molar-refractivity contribution in [2.75, 3.05) is 0 Å². The summed E-state index contributed by atoms with van der Waals surface area (Å²) in [6.45, 7) is 70.1. The van der Waals surface area contributed by atoms with Gasteiger partial charge in [0.05, 0.1) is 48.4 Å². The van der Waals surface area contributed by atoms with Crippen LogP contribution in [-0.2, 0) is 0 Å². The zero-order valence-electron chi connectivity index (χ0n) is 43.9. The number of unbranched alkanes of at least 4 members (excludes halogenated alkanes) is 3. The lowest BCUT2D eigenvalue weighted by atomic mass is 9.99. The monoisotopic (exact) mass is 965 g/mol. The fraction of sp³-hybridized carbons (Fsp3) is 0.585. The standard InChI is InChI=1S/C14H28Si2.C14H22Si2.C13H28Si2.C12H26Si2/c2*1-7-15(3,4)13-9-11-14(12-10-13)16(5,6)8-2;1-7-14(3,4)12-10-9-11-13-15(5,6)8-2;1-7-13(3,4)11-9-10-12-14(5,6)8-2/h7-8,13-14H,1-2,9-12H2,3-6H3;7-12H,1-2H2,3-6H3;7-8H,1-2,9-13H2,3-6H3;7-8H,1-2,9-12H2,3-6H3. The Labute approximate surface area is 392 Å². The van der Waals surface area contributed by atoms with Crippen LogP contribution in [0.25, 0.3) is 0 Å². The highest BCUT2D eigenvalue weighted by Gasteiger charge is 2.37. The highest BCUT2D eigenvalue weighted by molar-refractivity contribution is 6.95. The number of hydrogen-bond acceptors (Lipinski definition) is 0. The van der Waals surface area contributed by atoms with Crippen LogP contribution in [0, 0.1) is 0 Å². The third-order valence-corrected chi connectivity index (χ3v) is 38.7. The Hall–Kier alpha value is -1.12. The Kier molecular flexibility index (Phi) is 28.5. The highest BCUT2D eigenvalue weighted by atomic mass is 28.3. The van der Waals surface area contributed by atoms with Crippen molar-refractivity contribution in [3.63, 3.8) is 0 Å². The molecule has 1 aromatic carbocycles. The van der Waals surface area contributed by atoms with Crippen LogP contribution in [0.3, 0.4) is 0 Å². The first-order valence-corrected chi connectivity index (χ1v) is 49.6. The van der Waals surface area contributed by atoms with Gasteiger partial charge in [-0.25, -0.2) is 0 Å². The molecule has 0 atom stereocenters. The molecule has 0 unspecified atom stereocenters. The van der Waals surface area contributed by atoms with E-state index in [-0.39, 0.29) is 0 Å². The van der Waals surface area contributed by atoms with E-state index in [4.69, 9.17) is 0 Å². The minimum Gasteiger partial charge on any atom is -0.107 e. The minimum atomic E-state index is -1.39. The summed E-state index contributed by atoms with van der Waals surface area (Å²) in [7, 11) is -9.14. The van der Waals surface area contributed by atoms with Crippen molar-refractivity contribution in [2.45, 2.75) is 198 Å². The van der Waals surface area contributed by atoms with Gasteiger partial charge >= 0.3 is 0 Å². The zero-order chi connectivity index (χ0) is 48.0. The lowest BCUT2D eigenvalue weighted by Gasteiger charge is -2.40. The molecule has 1 fully saturated rings. The molecule has 0 nitrogen and oxygen atoms in total. The molecule has 61 heavy (non-hydrogen) atoms. The highest BCUT2D eigenvalue weighted by Crippen LogP contribution is 2.46. The zero-order valence-corrected chi connectivity index (χ0v) is 51.9. The first-order chi connectivity index (χ1) is 27.8. The van der Waals surface area contributed by atoms with Crippen LogP contribution in [0.1, 0.15) is 57.8 Å². The molecule has 8 heteroatoms. The maximum atomic E-state index is 4.05. The fourth-order valence-electron chi connectivity index (χ4n) is 7.39. The molecule has 1 aliphatic rings. The van der Waals surface area contributed by atoms with E-state index in [0.29, 0.717) is 0 Å². The SMILES string of the molecule is C=C[Si](C)(C)C1CCC([Si](C)(C)C=C)CC1.C=C[Si](C)(C)CCCCC[Si](C)(C)C=C.C=C[Si](C)(C)CCCC[Si](C)(C)C=C.C=C[Si](C)(C)c1ccc([Si](C)(C)C=C)cc1. The van der Waals surface area contributed by atoms with Gasteiger partial charge in [0.1, 0.15) is 16.1 Å². The average Bonchev–Trinajstić information content (AvgIpc) is 3.23. The summed E-state index contributed by atoms with van der Waals surface area (Å²) in [6, 6.07) is 14.7. The van der Waals surface area contributed by atoms with Crippen molar-refractivity contribution in [3.8, 4) is 0 Å². The molecule has 0 heterocycles. The van der Waals surface area contributed by atoms with Crippen molar-refractivity contribution in [1.82, 2.24) is 0 Å². The van der Waals surface area contributed by atoms with Crippen molar-refractivity contribution in [2.24, 2.45) is 0 Å². The van der Waals surface area contributed by atoms with E-state index in [9.17, 15) is 0 Å². The molecule has 0 bridgehead atoms. The van der Waals surface area contributed by atoms with E-state index >= 15 is 0 Å². The molecule has 0 amide bonds. The molecule has 0 aromatic heterocycles. The van der Waals surface area contributed by atoms with Crippen LogP contribution >= 0.6 is 0 Å². The van der Waals surface area contributed by atoms with Gasteiger partial charge in [-0.3, -0.25) is 0 Å². The van der Waals surface area contributed by atoms with Crippen LogP contribution in [0.4, 0.5) is 0 Å². The third-order valence-electron chi connectivity index (χ3n) is 14.5. The summed E-state index contributed by atoms with van der Waals surface area (Å²) in [5, 5.41) is 2.92. The van der Waals surface area contributed by atoms with Gasteiger partial charge in [0.2, 0.25) is 0 Å². The summed E-state index contributed by atoms with van der Waals surface area (Å²) >= 11 is 0. The predicted octanol–water partition coefficient (Wildman–Crippen LogP) is 17.8. The van der Waals surface area contributed by atoms with E-state index in [2.05, 4.69) is 227 Å². The maximum Gasteiger partial charge on any atom is 0.103 e. The van der Waals surface area contributed by atoms with Crippen molar-refractivity contribution < 1.29 is 0 Å². The molecule has 0 radical (unpaired) electrons. The van der Waals surface area contributed by atoms with Gasteiger partial charge in [0.25, 0.3) is 0 Å². The summed E-state index contributed by atoms with van der Waals surface area (Å²) in [5.41, 5.74) is 19.7. The molecule has 2 rings (SSSR count). The minimum absolute atomic E-state index is 0.982. The second kappa shape index (κ2) is 28.0. The van der Waals surface area contributed by atoms with E-state index in [1.54, 1.807) is 0 Å². The molecule has 0 N–H and O–H groups in total. The number of hydrogen-bond donors (Lipinski definition) is 0. The maximum absolute atomic E-state index is 4.05. The van der Waals surface area contributed by atoms with Gasteiger partial charge in [0, 0.05) is 0 Å². The Morgan fingerprint density at radius 1 is 0.344 bits per heavy atom. The fourth-order valence-corrected chi connectivity index (χ4v) is 19.7. The Bertz CT molecular complexity index is 1370. The summed E-state index contributed by atoms with van der Waals surface area (Å²) in [4.78, 5) is 0. The molecule has 0 spiro atoms. The Morgan fingerprint density at radius 2 is 0.557 bits per heavy atom. The van der Waals surface area contributed by atoms with Gasteiger partial charge in [-0.2, -0.15) is 0 Å². The molecule has 348 valence electrons. The van der Waals surface area contributed by atoms with Gasteiger partial charge in [-0.05, 0) is 11.1 Å². The lowest BCUT2D eigenvalue weighted by Crippen LogP contribution is -2.43. The smallest absolute Gasteiger partial charge is 0.103 e. The molecule has 1 aromatic rings. The van der Waals surface area contributed by atoms with Crippen LogP contribution in [-0.4, -0.2) is 64.6 Å². The van der Waals surface area contributed by atoms with Crippen molar-refractivity contribution in [1.29, 1.82) is 0 Å². The van der Waals surface area contributed by atoms with E-state index in [0.717, 1.165) is 11.1 Å². The van der Waals surface area contributed by atoms with E-state index in [1.807, 2.05) is 0 Å². The van der Waals surface area contributed by atoms with Gasteiger partial charge in [-0.1, -0.05) is 233 Å². The molecule has 0 saturated heterocycles. The normalized spacial score (nSPS) is 16.4. The number of benzene rings is 1. The second-order valence-electron chi connectivity index (χ2n) is 23.6. The molecule has 0 aliphatic heterocycles. The van der Waals surface area contributed by atoms with E-state index in [1.165, 1.54) is 92.3 Å². The molecular formula is C53H104Si8. The Morgan fingerprint density at radius 3 is 0.738 bits per heavy atom. The van der Waals surface area contributed by atoms with Gasteiger partial charge < -0.3 is 0 Å². The first-order valence-electron chi connectivity index (χ1n) is 24.0. The molecular weight excluding hydrogens is 861 g/mol. The topological polar surface area (TPSA) is 0 Å². The van der Waals surface area contributed by atoms with Gasteiger partial charge in [0.15, 0.2) is 0 Å². The van der Waals surface area contributed by atoms with Crippen molar-refractivity contribution >= 4 is 75.0 Å². The largest absolute Gasteiger partial charge is 0.107 e. The summed E-state index contributed by atoms with van der Waals surface area (Å²) in [5.74, 6) is 0. The molecule has 1 aliphatic carbocycles. The van der Waals surface area contributed by atoms with Gasteiger partial charge in [-0.15, -0.1) is 86.8 Å². The molecule has 1 saturated carbocycles. The van der Waals surface area contributed by atoms with Crippen LogP contribution < -0.4 is 10.4 Å². The summed E-state index contributed by atoms with van der Waals surface area (Å²) < 4.78 is 0. The van der Waals surface area contributed by atoms with Crippen molar-refractivity contribution in [3.05, 3.63) is 122 Å².